The zero-order chi connectivity index (χ0) is 17.6. The molecule has 0 aliphatic heterocycles. The van der Waals surface area contributed by atoms with Gasteiger partial charge in [-0.1, -0.05) is 31.8 Å². The third-order valence-electron chi connectivity index (χ3n) is 5.49. The van der Waals surface area contributed by atoms with Crippen LogP contribution in [0.25, 0.3) is 0 Å². The van der Waals surface area contributed by atoms with Crippen LogP contribution in [-0.2, 0) is 0 Å². The Kier molecular flexibility index (Phi) is 6.69. The van der Waals surface area contributed by atoms with Crippen LogP contribution >= 0.6 is 0 Å². The van der Waals surface area contributed by atoms with E-state index in [-0.39, 0.29) is 0 Å². The van der Waals surface area contributed by atoms with E-state index in [0.29, 0.717) is 11.3 Å². The van der Waals surface area contributed by atoms with Crippen molar-refractivity contribution in [1.82, 2.24) is 15.8 Å². The number of aromatic nitrogens is 1. The van der Waals surface area contributed by atoms with Crippen molar-refractivity contribution in [2.75, 3.05) is 19.6 Å². The molecule has 1 atom stereocenters. The molecular weight excluding hydrogens is 300 g/mol. The number of nitrogens with zero attached hydrogens (tertiary/aromatic N) is 2. The monoisotopic (exact) mass is 334 g/mol. The summed E-state index contributed by atoms with van der Waals surface area (Å²) in [5.74, 6) is 2.18. The molecule has 1 aromatic rings. The van der Waals surface area contributed by atoms with Crippen LogP contribution in [0.1, 0.15) is 75.8 Å². The number of guanidine groups is 1. The first kappa shape index (κ1) is 18.8. The first-order valence-electron chi connectivity index (χ1n) is 9.46. The number of nitrogens with one attached hydrogen (secondary N) is 2. The molecule has 0 saturated heterocycles. The summed E-state index contributed by atoms with van der Waals surface area (Å²) >= 11 is 0. The van der Waals surface area contributed by atoms with Crippen LogP contribution in [-0.4, -0.2) is 30.8 Å². The Balaban J connectivity index is 1.96. The lowest BCUT2D eigenvalue weighted by atomic mass is 9.84. The van der Waals surface area contributed by atoms with Crippen molar-refractivity contribution < 1.29 is 4.52 Å². The van der Waals surface area contributed by atoms with Gasteiger partial charge in [-0.05, 0) is 45.4 Å². The Hall–Kier alpha value is -1.52. The molecule has 5 heteroatoms. The highest BCUT2D eigenvalue weighted by molar-refractivity contribution is 5.79. The van der Waals surface area contributed by atoms with Crippen molar-refractivity contribution in [2.24, 2.45) is 10.4 Å². The topological polar surface area (TPSA) is 62.5 Å². The molecule has 2 N–H and O–H groups in total. The number of rotatable bonds is 7. The molecule has 2 rings (SSSR count). The summed E-state index contributed by atoms with van der Waals surface area (Å²) in [7, 11) is 0. The fourth-order valence-corrected chi connectivity index (χ4v) is 3.88. The van der Waals surface area contributed by atoms with Gasteiger partial charge < -0.3 is 15.2 Å². The highest BCUT2D eigenvalue weighted by atomic mass is 16.5. The molecule has 1 fully saturated rings. The third-order valence-corrected chi connectivity index (χ3v) is 5.49. The van der Waals surface area contributed by atoms with Gasteiger partial charge in [0.2, 0.25) is 0 Å². The third kappa shape index (κ3) is 4.52. The number of aryl methyl sites for hydroxylation is 2. The summed E-state index contributed by atoms with van der Waals surface area (Å²) < 4.78 is 5.29. The quantitative estimate of drug-likeness (QED) is 0.586. The van der Waals surface area contributed by atoms with Gasteiger partial charge in [0, 0.05) is 31.1 Å². The second kappa shape index (κ2) is 8.54. The van der Waals surface area contributed by atoms with E-state index in [0.717, 1.165) is 37.0 Å². The number of aliphatic imine (C=N–C) groups is 1. The van der Waals surface area contributed by atoms with Gasteiger partial charge in [0.15, 0.2) is 5.96 Å². The molecule has 24 heavy (non-hydrogen) atoms. The van der Waals surface area contributed by atoms with Crippen molar-refractivity contribution in [3.8, 4) is 0 Å². The fourth-order valence-electron chi connectivity index (χ4n) is 3.88. The fraction of sp³-hybridized carbons (Fsp3) is 0.789. The molecule has 0 amide bonds. The van der Waals surface area contributed by atoms with Gasteiger partial charge in [-0.3, -0.25) is 4.99 Å². The van der Waals surface area contributed by atoms with Crippen molar-refractivity contribution in [2.45, 2.75) is 72.6 Å². The highest BCUT2D eigenvalue weighted by Crippen LogP contribution is 2.41. The van der Waals surface area contributed by atoms with E-state index in [2.05, 4.69) is 36.6 Å². The standard InChI is InChI=1S/C19H34N4O/c1-6-19(10-8-9-11-19)13-22-18(20-7-2)21-12-14(3)17-15(4)23-24-16(17)5/h14H,6-13H2,1-5H3,(H2,20,21,22). The molecule has 1 saturated carbocycles. The van der Waals surface area contributed by atoms with Crippen LogP contribution in [0, 0.1) is 19.3 Å². The first-order chi connectivity index (χ1) is 11.5. The first-order valence-corrected chi connectivity index (χ1v) is 9.46. The molecular formula is C19H34N4O. The van der Waals surface area contributed by atoms with Crippen LogP contribution in [0.15, 0.2) is 9.52 Å². The maximum absolute atomic E-state index is 5.29. The van der Waals surface area contributed by atoms with E-state index in [9.17, 15) is 0 Å². The minimum atomic E-state index is 0.340. The number of hydrogen-bond acceptors (Lipinski definition) is 3. The molecule has 0 radical (unpaired) electrons. The molecule has 1 aromatic heterocycles. The van der Waals surface area contributed by atoms with Gasteiger partial charge >= 0.3 is 0 Å². The summed E-state index contributed by atoms with van der Waals surface area (Å²) in [5, 5.41) is 10.9. The van der Waals surface area contributed by atoms with E-state index < -0.39 is 0 Å². The van der Waals surface area contributed by atoms with Gasteiger partial charge in [-0.2, -0.15) is 0 Å². The molecule has 0 bridgehead atoms. The summed E-state index contributed by atoms with van der Waals surface area (Å²) in [6.45, 7) is 13.2. The Morgan fingerprint density at radius 3 is 2.50 bits per heavy atom. The predicted molar refractivity (Wildman–Crippen MR) is 99.6 cm³/mol. The average Bonchev–Trinajstić information content (AvgIpc) is 3.17. The molecule has 5 nitrogen and oxygen atoms in total. The molecule has 1 heterocycles. The Morgan fingerprint density at radius 1 is 1.25 bits per heavy atom. The molecule has 136 valence electrons. The largest absolute Gasteiger partial charge is 0.361 e. The van der Waals surface area contributed by atoms with Gasteiger partial charge in [0.1, 0.15) is 5.76 Å². The van der Waals surface area contributed by atoms with Gasteiger partial charge in [0.05, 0.1) is 5.69 Å². The lowest BCUT2D eigenvalue weighted by Gasteiger charge is -2.26. The maximum atomic E-state index is 5.29. The smallest absolute Gasteiger partial charge is 0.191 e. The summed E-state index contributed by atoms with van der Waals surface area (Å²) in [6.07, 6.45) is 6.59. The van der Waals surface area contributed by atoms with Crippen molar-refractivity contribution in [3.05, 3.63) is 17.0 Å². The van der Waals surface area contributed by atoms with E-state index >= 15 is 0 Å². The lowest BCUT2D eigenvalue weighted by Crippen LogP contribution is -2.40. The summed E-state index contributed by atoms with van der Waals surface area (Å²) in [5.41, 5.74) is 2.62. The Labute approximate surface area is 146 Å². The summed E-state index contributed by atoms with van der Waals surface area (Å²) in [4.78, 5) is 4.89. The van der Waals surface area contributed by atoms with Crippen LogP contribution in [0.5, 0.6) is 0 Å². The molecule has 0 spiro atoms. The Bertz CT molecular complexity index is 524. The van der Waals surface area contributed by atoms with E-state index in [1.165, 1.54) is 37.7 Å². The van der Waals surface area contributed by atoms with Crippen molar-refractivity contribution in [3.63, 3.8) is 0 Å². The van der Waals surface area contributed by atoms with E-state index in [1.807, 2.05) is 13.8 Å². The minimum absolute atomic E-state index is 0.340. The number of hydrogen-bond donors (Lipinski definition) is 2. The minimum Gasteiger partial charge on any atom is -0.361 e. The van der Waals surface area contributed by atoms with Crippen molar-refractivity contribution >= 4 is 5.96 Å². The lowest BCUT2D eigenvalue weighted by molar-refractivity contribution is 0.297. The Morgan fingerprint density at radius 2 is 1.96 bits per heavy atom. The van der Waals surface area contributed by atoms with Gasteiger partial charge in [-0.15, -0.1) is 0 Å². The van der Waals surface area contributed by atoms with Crippen LogP contribution < -0.4 is 10.6 Å². The molecule has 1 aliphatic rings. The second-order valence-corrected chi connectivity index (χ2v) is 7.28. The zero-order valence-corrected chi connectivity index (χ0v) is 16.0. The van der Waals surface area contributed by atoms with E-state index in [1.54, 1.807) is 0 Å². The van der Waals surface area contributed by atoms with Crippen LogP contribution in [0.4, 0.5) is 0 Å². The molecule has 1 unspecified atom stereocenters. The van der Waals surface area contributed by atoms with Crippen LogP contribution in [0.2, 0.25) is 0 Å². The zero-order valence-electron chi connectivity index (χ0n) is 16.0. The molecule has 1 aliphatic carbocycles. The van der Waals surface area contributed by atoms with Gasteiger partial charge in [0.25, 0.3) is 0 Å². The van der Waals surface area contributed by atoms with E-state index in [4.69, 9.17) is 9.52 Å². The second-order valence-electron chi connectivity index (χ2n) is 7.28. The maximum Gasteiger partial charge on any atom is 0.191 e. The van der Waals surface area contributed by atoms with Gasteiger partial charge in [-0.25, -0.2) is 0 Å². The van der Waals surface area contributed by atoms with Crippen molar-refractivity contribution in [1.29, 1.82) is 0 Å². The summed E-state index contributed by atoms with van der Waals surface area (Å²) in [6, 6.07) is 0. The molecule has 0 aromatic carbocycles. The SMILES string of the molecule is CCNC(=NCC1(CC)CCCC1)NCC(C)c1c(C)noc1C. The predicted octanol–water partition coefficient (Wildman–Crippen LogP) is 3.92. The average molecular weight is 335 g/mol. The highest BCUT2D eigenvalue weighted by Gasteiger charge is 2.31. The normalized spacial score (nSPS) is 18.6. The van der Waals surface area contributed by atoms with Crippen LogP contribution in [0.3, 0.4) is 0 Å².